The third-order valence-electron chi connectivity index (χ3n) is 3.86. The number of hydrogen-bond donors (Lipinski definition) is 2. The van der Waals surface area contributed by atoms with E-state index in [0.717, 1.165) is 19.3 Å². The Morgan fingerprint density at radius 1 is 1.26 bits per heavy atom. The summed E-state index contributed by atoms with van der Waals surface area (Å²) in [6, 6.07) is 6.82. The number of anilines is 1. The van der Waals surface area contributed by atoms with E-state index in [0.29, 0.717) is 10.6 Å². The highest BCUT2D eigenvalue weighted by molar-refractivity contribution is 7.89. The first-order valence-electron chi connectivity index (χ1n) is 6.55. The highest BCUT2D eigenvalue weighted by atomic mass is 32.2. The molecule has 0 radical (unpaired) electrons. The zero-order valence-corrected chi connectivity index (χ0v) is 11.6. The Morgan fingerprint density at radius 3 is 2.68 bits per heavy atom. The van der Waals surface area contributed by atoms with Crippen LogP contribution in [-0.4, -0.2) is 33.7 Å². The van der Waals surface area contributed by atoms with E-state index < -0.39 is 10.0 Å². The topological polar surface area (TPSA) is 67.4 Å². The maximum atomic E-state index is 12.4. The van der Waals surface area contributed by atoms with Gasteiger partial charge in [-0.05, 0) is 31.4 Å². The van der Waals surface area contributed by atoms with Crippen LogP contribution in [-0.2, 0) is 14.8 Å². The summed E-state index contributed by atoms with van der Waals surface area (Å²) in [6.07, 6.45) is 3.06. The Kier molecular flexibility index (Phi) is 3.24. The smallest absolute Gasteiger partial charge is 0.242 e. The van der Waals surface area contributed by atoms with Crippen LogP contribution in [0.3, 0.4) is 0 Å². The molecule has 6 heteroatoms. The molecule has 2 N–H and O–H groups in total. The van der Waals surface area contributed by atoms with Gasteiger partial charge in [-0.25, -0.2) is 13.1 Å². The van der Waals surface area contributed by atoms with E-state index in [1.54, 1.807) is 25.2 Å². The van der Waals surface area contributed by atoms with Crippen LogP contribution in [0, 0.1) is 0 Å². The minimum Gasteiger partial charge on any atom is -0.387 e. The van der Waals surface area contributed by atoms with Gasteiger partial charge >= 0.3 is 0 Å². The van der Waals surface area contributed by atoms with Crippen LogP contribution in [0.2, 0.25) is 0 Å². The molecule has 1 aromatic rings. The third-order valence-corrected chi connectivity index (χ3v) is 5.41. The van der Waals surface area contributed by atoms with Gasteiger partial charge in [-0.1, -0.05) is 12.1 Å². The molecule has 0 spiro atoms. The van der Waals surface area contributed by atoms with E-state index >= 15 is 0 Å². The second-order valence-corrected chi connectivity index (χ2v) is 6.77. The van der Waals surface area contributed by atoms with Crippen molar-refractivity contribution >= 4 is 15.7 Å². The molecule has 2 heterocycles. The number of hydrogen-bond acceptors (Lipinski definition) is 4. The lowest BCUT2D eigenvalue weighted by molar-refractivity contribution is 0.0996. The third kappa shape index (κ3) is 2.35. The van der Waals surface area contributed by atoms with Crippen molar-refractivity contribution in [1.29, 1.82) is 0 Å². The van der Waals surface area contributed by atoms with Crippen LogP contribution in [0.15, 0.2) is 29.2 Å². The molecule has 2 aliphatic rings. The fourth-order valence-corrected chi connectivity index (χ4v) is 4.42. The maximum absolute atomic E-state index is 12.4. The first-order valence-corrected chi connectivity index (χ1v) is 8.03. The Labute approximate surface area is 113 Å². The minimum absolute atomic E-state index is 0.0431. The molecular weight excluding hydrogens is 264 g/mol. The fourth-order valence-electron chi connectivity index (χ4n) is 2.93. The monoisotopic (exact) mass is 282 g/mol. The second-order valence-electron chi connectivity index (χ2n) is 5.08. The zero-order valence-electron chi connectivity index (χ0n) is 10.8. The zero-order chi connectivity index (χ0) is 13.5. The van der Waals surface area contributed by atoms with E-state index in [1.165, 1.54) is 0 Å². The normalized spacial score (nSPS) is 29.6. The van der Waals surface area contributed by atoms with Gasteiger partial charge in [0.2, 0.25) is 10.0 Å². The molecule has 2 aliphatic heterocycles. The number of fused-ring (bicyclic) bond motifs is 2. The molecule has 1 aromatic carbocycles. The first-order chi connectivity index (χ1) is 9.10. The number of sulfonamides is 1. The molecule has 5 nitrogen and oxygen atoms in total. The molecule has 0 amide bonds. The lowest BCUT2D eigenvalue weighted by Gasteiger charge is -2.20. The van der Waals surface area contributed by atoms with Crippen molar-refractivity contribution in [3.05, 3.63) is 24.3 Å². The highest BCUT2D eigenvalue weighted by Gasteiger charge is 2.42. The Hall–Kier alpha value is -1.11. The van der Waals surface area contributed by atoms with Crippen molar-refractivity contribution in [2.75, 3.05) is 12.4 Å². The lowest BCUT2D eigenvalue weighted by Crippen LogP contribution is -2.41. The first kappa shape index (κ1) is 12.9. The van der Waals surface area contributed by atoms with E-state index in [1.807, 2.05) is 6.07 Å². The quantitative estimate of drug-likeness (QED) is 0.874. The summed E-state index contributed by atoms with van der Waals surface area (Å²) < 4.78 is 33.3. The Bertz CT molecular complexity index is 573. The second kappa shape index (κ2) is 4.77. The molecule has 0 saturated carbocycles. The van der Waals surface area contributed by atoms with Crippen LogP contribution < -0.4 is 10.0 Å². The van der Waals surface area contributed by atoms with E-state index in [-0.39, 0.29) is 18.2 Å². The number of para-hydroxylation sites is 1. The molecule has 3 atom stereocenters. The minimum atomic E-state index is -3.50. The van der Waals surface area contributed by atoms with Gasteiger partial charge in [0, 0.05) is 7.05 Å². The van der Waals surface area contributed by atoms with Crippen molar-refractivity contribution in [1.82, 2.24) is 4.72 Å². The molecule has 0 aliphatic carbocycles. The van der Waals surface area contributed by atoms with Gasteiger partial charge in [0.25, 0.3) is 0 Å². The molecule has 2 saturated heterocycles. The van der Waals surface area contributed by atoms with Gasteiger partial charge < -0.3 is 10.1 Å². The number of rotatable bonds is 4. The van der Waals surface area contributed by atoms with Crippen molar-refractivity contribution in [3.8, 4) is 0 Å². The number of ether oxygens (including phenoxy) is 1. The Balaban J connectivity index is 1.83. The average molecular weight is 282 g/mol. The number of nitrogens with one attached hydrogen (secondary N) is 2. The lowest BCUT2D eigenvalue weighted by atomic mass is 9.96. The molecule has 19 heavy (non-hydrogen) atoms. The SMILES string of the molecule is CNc1ccccc1S(=O)(=O)NC1CC2CCC1O2. The summed E-state index contributed by atoms with van der Waals surface area (Å²) in [5.41, 5.74) is 0.610. The van der Waals surface area contributed by atoms with Crippen molar-refractivity contribution in [2.45, 2.75) is 42.4 Å². The average Bonchev–Trinajstić information content (AvgIpc) is 3.00. The number of benzene rings is 1. The van der Waals surface area contributed by atoms with E-state index in [4.69, 9.17) is 4.74 Å². The maximum Gasteiger partial charge on any atom is 0.242 e. The van der Waals surface area contributed by atoms with E-state index in [9.17, 15) is 8.42 Å². The molecule has 3 rings (SSSR count). The standard InChI is InChI=1S/C13H18N2O3S/c1-14-10-4-2-3-5-13(10)19(16,17)15-11-8-9-6-7-12(11)18-9/h2-5,9,11-12,14-15H,6-8H2,1H3. The van der Waals surface area contributed by atoms with Crippen molar-refractivity contribution in [3.63, 3.8) is 0 Å². The van der Waals surface area contributed by atoms with Crippen LogP contribution in [0.5, 0.6) is 0 Å². The summed E-state index contributed by atoms with van der Waals surface area (Å²) in [6.45, 7) is 0. The molecule has 2 fully saturated rings. The molecular formula is C13H18N2O3S. The molecule has 3 unspecified atom stereocenters. The van der Waals surface area contributed by atoms with Gasteiger partial charge in [-0.2, -0.15) is 0 Å². The van der Waals surface area contributed by atoms with Crippen LogP contribution in [0.1, 0.15) is 19.3 Å². The highest BCUT2D eigenvalue weighted by Crippen LogP contribution is 2.35. The fraction of sp³-hybridized carbons (Fsp3) is 0.538. The molecule has 2 bridgehead atoms. The van der Waals surface area contributed by atoms with Crippen molar-refractivity contribution < 1.29 is 13.2 Å². The van der Waals surface area contributed by atoms with Crippen LogP contribution in [0.25, 0.3) is 0 Å². The predicted octanol–water partition coefficient (Wildman–Crippen LogP) is 1.33. The van der Waals surface area contributed by atoms with Gasteiger partial charge in [-0.15, -0.1) is 0 Å². The largest absolute Gasteiger partial charge is 0.387 e. The van der Waals surface area contributed by atoms with E-state index in [2.05, 4.69) is 10.0 Å². The molecule has 0 aromatic heterocycles. The summed E-state index contributed by atoms with van der Waals surface area (Å²) in [5.74, 6) is 0. The summed E-state index contributed by atoms with van der Waals surface area (Å²) in [7, 11) is -1.78. The van der Waals surface area contributed by atoms with Crippen LogP contribution >= 0.6 is 0 Å². The van der Waals surface area contributed by atoms with Gasteiger partial charge in [-0.3, -0.25) is 0 Å². The summed E-state index contributed by atoms with van der Waals surface area (Å²) in [4.78, 5) is 0.292. The molecule has 104 valence electrons. The predicted molar refractivity (Wildman–Crippen MR) is 72.6 cm³/mol. The van der Waals surface area contributed by atoms with Crippen molar-refractivity contribution in [2.24, 2.45) is 0 Å². The van der Waals surface area contributed by atoms with Gasteiger partial charge in [0.15, 0.2) is 0 Å². The Morgan fingerprint density at radius 2 is 2.05 bits per heavy atom. The van der Waals surface area contributed by atoms with Gasteiger partial charge in [0.05, 0.1) is 23.9 Å². The van der Waals surface area contributed by atoms with Crippen LogP contribution in [0.4, 0.5) is 5.69 Å². The van der Waals surface area contributed by atoms with Gasteiger partial charge in [0.1, 0.15) is 4.90 Å². The summed E-state index contributed by atoms with van der Waals surface area (Å²) in [5, 5.41) is 2.91. The summed E-state index contributed by atoms with van der Waals surface area (Å²) >= 11 is 0.